The Hall–Kier alpha value is -1.49. The molecule has 0 aromatic carbocycles. The number of carbonyl (C=O) groups excluding carboxylic acids is 1. The van der Waals surface area contributed by atoms with Crippen molar-refractivity contribution in [1.82, 2.24) is 9.88 Å². The van der Waals surface area contributed by atoms with Crippen LogP contribution in [-0.2, 0) is 4.79 Å². The van der Waals surface area contributed by atoms with E-state index >= 15 is 0 Å². The molecule has 84 valence electrons. The first-order valence-electron chi connectivity index (χ1n) is 5.02. The van der Waals surface area contributed by atoms with Crippen LogP contribution < -0.4 is 0 Å². The van der Waals surface area contributed by atoms with Gasteiger partial charge in [0.05, 0.1) is 6.54 Å². The average Bonchev–Trinajstić information content (AvgIpc) is 2.74. The number of thiazole rings is 1. The van der Waals surface area contributed by atoms with Crippen LogP contribution in [0.4, 0.5) is 0 Å². The maximum atomic E-state index is 11.8. The van der Waals surface area contributed by atoms with Crippen molar-refractivity contribution >= 4 is 23.0 Å². The molecule has 5 heteroatoms. The van der Waals surface area contributed by atoms with Gasteiger partial charge in [0, 0.05) is 17.6 Å². The highest BCUT2D eigenvalue weighted by molar-refractivity contribution is 7.10. The van der Waals surface area contributed by atoms with Gasteiger partial charge in [0.15, 0.2) is 5.78 Å². The number of hydrogen-bond donors (Lipinski definition) is 1. The van der Waals surface area contributed by atoms with Crippen LogP contribution >= 0.6 is 11.3 Å². The van der Waals surface area contributed by atoms with Crippen LogP contribution in [0.15, 0.2) is 18.0 Å². The second-order valence-electron chi connectivity index (χ2n) is 3.78. The monoisotopic (exact) mass is 235 g/mol. The molecular formula is C11H13N3OS. The predicted molar refractivity (Wildman–Crippen MR) is 64.1 cm³/mol. The van der Waals surface area contributed by atoms with Crippen molar-refractivity contribution in [3.63, 3.8) is 0 Å². The Bertz CT molecular complexity index is 452. The number of aryl methyl sites for hydroxylation is 1. The third-order valence-corrected chi connectivity index (χ3v) is 3.54. The molecule has 0 saturated carbocycles. The maximum Gasteiger partial charge on any atom is 0.169 e. The second kappa shape index (κ2) is 4.17. The summed E-state index contributed by atoms with van der Waals surface area (Å²) in [4.78, 5) is 17.9. The van der Waals surface area contributed by atoms with E-state index in [1.807, 2.05) is 12.3 Å². The molecule has 1 atom stereocenters. The number of aromatic nitrogens is 1. The highest BCUT2D eigenvalue weighted by atomic mass is 32.1. The van der Waals surface area contributed by atoms with Crippen LogP contribution in [0.25, 0.3) is 0 Å². The summed E-state index contributed by atoms with van der Waals surface area (Å²) in [5.41, 5.74) is 0.905. The molecule has 0 bridgehead atoms. The molecular weight excluding hydrogens is 222 g/mol. The number of nitrogens with zero attached hydrogens (tertiary/aromatic N) is 2. The zero-order valence-electron chi connectivity index (χ0n) is 9.06. The summed E-state index contributed by atoms with van der Waals surface area (Å²) < 4.78 is 0. The van der Waals surface area contributed by atoms with E-state index in [-0.39, 0.29) is 5.78 Å². The van der Waals surface area contributed by atoms with Gasteiger partial charge in [-0.05, 0) is 6.92 Å². The number of likely N-dealkylation sites (tertiary alicyclic amines) is 1. The van der Waals surface area contributed by atoms with Gasteiger partial charge in [-0.2, -0.15) is 0 Å². The van der Waals surface area contributed by atoms with Crippen molar-refractivity contribution in [2.45, 2.75) is 12.8 Å². The molecule has 0 aliphatic carbocycles. The number of carbonyl (C=O) groups is 1. The normalized spacial score (nSPS) is 20.6. The van der Waals surface area contributed by atoms with Crippen molar-refractivity contribution in [1.29, 1.82) is 5.41 Å². The van der Waals surface area contributed by atoms with E-state index in [2.05, 4.69) is 11.6 Å². The predicted octanol–water partition coefficient (Wildman–Crippen LogP) is 1.58. The smallest absolute Gasteiger partial charge is 0.169 e. The van der Waals surface area contributed by atoms with E-state index in [9.17, 15) is 4.79 Å². The zero-order chi connectivity index (χ0) is 11.7. The fraction of sp³-hybridized carbons (Fsp3) is 0.364. The molecule has 0 spiro atoms. The van der Waals surface area contributed by atoms with E-state index in [1.165, 1.54) is 11.3 Å². The summed E-state index contributed by atoms with van der Waals surface area (Å²) in [5.74, 6) is -0.0564. The second-order valence-corrected chi connectivity index (χ2v) is 4.67. The summed E-state index contributed by atoms with van der Waals surface area (Å²) in [6, 6.07) is 0. The Morgan fingerprint density at radius 2 is 2.56 bits per heavy atom. The topological polar surface area (TPSA) is 57.1 Å². The van der Waals surface area contributed by atoms with Gasteiger partial charge in [0.25, 0.3) is 0 Å². The molecule has 1 fully saturated rings. The summed E-state index contributed by atoms with van der Waals surface area (Å²) in [5, 5.41) is 10.6. The molecule has 1 N–H and O–H groups in total. The van der Waals surface area contributed by atoms with Crippen molar-refractivity contribution in [3.8, 4) is 0 Å². The van der Waals surface area contributed by atoms with Gasteiger partial charge in [-0.15, -0.1) is 17.9 Å². The lowest BCUT2D eigenvalue weighted by Crippen LogP contribution is -2.26. The minimum absolute atomic E-state index is 0.0567. The van der Waals surface area contributed by atoms with Crippen molar-refractivity contribution in [2.24, 2.45) is 0 Å². The lowest BCUT2D eigenvalue weighted by Gasteiger charge is -2.14. The molecule has 0 amide bonds. The molecule has 1 aromatic heterocycles. The molecule has 2 heterocycles. The Kier molecular flexibility index (Phi) is 2.87. The number of Topliss-reactive ketones (excluding diaryl/α,β-unsaturated/α-hetero) is 1. The third kappa shape index (κ3) is 1.78. The highest BCUT2D eigenvalue weighted by Crippen LogP contribution is 2.28. The van der Waals surface area contributed by atoms with Crippen molar-refractivity contribution in [3.05, 3.63) is 28.7 Å². The van der Waals surface area contributed by atoms with E-state index in [4.69, 9.17) is 5.41 Å². The van der Waals surface area contributed by atoms with Crippen LogP contribution in [0.3, 0.4) is 0 Å². The summed E-state index contributed by atoms with van der Waals surface area (Å²) >= 11 is 1.45. The molecule has 1 saturated heterocycles. The quantitative estimate of drug-likeness (QED) is 0.809. The highest BCUT2D eigenvalue weighted by Gasteiger charge is 2.38. The van der Waals surface area contributed by atoms with Gasteiger partial charge in [0.1, 0.15) is 16.8 Å². The van der Waals surface area contributed by atoms with Gasteiger partial charge >= 0.3 is 0 Å². The fourth-order valence-corrected chi connectivity index (χ4v) is 2.70. The molecule has 16 heavy (non-hydrogen) atoms. The van der Waals surface area contributed by atoms with E-state index in [1.54, 1.807) is 11.0 Å². The van der Waals surface area contributed by atoms with E-state index < -0.39 is 5.92 Å². The SMILES string of the molecule is C=CCN1CC(=O)C(c2nc(C)cs2)C1=N. The van der Waals surface area contributed by atoms with Crippen LogP contribution in [-0.4, -0.2) is 34.6 Å². The molecule has 1 aromatic rings. The lowest BCUT2D eigenvalue weighted by molar-refractivity contribution is -0.117. The first-order valence-corrected chi connectivity index (χ1v) is 5.90. The first kappa shape index (κ1) is 11.0. The molecule has 1 unspecified atom stereocenters. The van der Waals surface area contributed by atoms with Crippen LogP contribution in [0.5, 0.6) is 0 Å². The summed E-state index contributed by atoms with van der Waals surface area (Å²) in [6.45, 7) is 6.36. The Labute approximate surface area is 98.1 Å². The van der Waals surface area contributed by atoms with Gasteiger partial charge in [0.2, 0.25) is 0 Å². The first-order chi connectivity index (χ1) is 7.63. The van der Waals surface area contributed by atoms with Gasteiger partial charge in [-0.1, -0.05) is 6.08 Å². The molecule has 1 aliphatic rings. The Morgan fingerprint density at radius 1 is 1.81 bits per heavy atom. The molecule has 4 nitrogen and oxygen atoms in total. The molecule has 0 radical (unpaired) electrons. The Balaban J connectivity index is 2.26. The fourth-order valence-electron chi connectivity index (χ4n) is 1.78. The summed E-state index contributed by atoms with van der Waals surface area (Å²) in [7, 11) is 0. The minimum Gasteiger partial charge on any atom is -0.349 e. The van der Waals surface area contributed by atoms with Gasteiger partial charge in [-0.25, -0.2) is 4.98 Å². The van der Waals surface area contributed by atoms with Gasteiger partial charge in [-0.3, -0.25) is 10.2 Å². The van der Waals surface area contributed by atoms with Crippen molar-refractivity contribution in [2.75, 3.05) is 13.1 Å². The standard InChI is InChI=1S/C11H13N3OS/c1-3-4-14-5-8(15)9(10(14)12)11-13-7(2)6-16-11/h3,6,9,12H,1,4-5H2,2H3. The molecule has 1 aliphatic heterocycles. The maximum absolute atomic E-state index is 11.8. The minimum atomic E-state index is -0.460. The van der Waals surface area contributed by atoms with E-state index in [0.29, 0.717) is 18.9 Å². The van der Waals surface area contributed by atoms with Crippen LogP contribution in [0.1, 0.15) is 16.6 Å². The average molecular weight is 235 g/mol. The van der Waals surface area contributed by atoms with E-state index in [0.717, 1.165) is 10.7 Å². The number of nitrogens with one attached hydrogen (secondary N) is 1. The summed E-state index contributed by atoms with van der Waals surface area (Å²) in [6.07, 6.45) is 1.71. The largest absolute Gasteiger partial charge is 0.349 e. The number of amidine groups is 1. The number of hydrogen-bond acceptors (Lipinski definition) is 4. The van der Waals surface area contributed by atoms with Crippen molar-refractivity contribution < 1.29 is 4.79 Å². The molecule has 2 rings (SSSR count). The third-order valence-electron chi connectivity index (χ3n) is 2.52. The van der Waals surface area contributed by atoms with Gasteiger partial charge < -0.3 is 4.90 Å². The number of rotatable bonds is 3. The zero-order valence-corrected chi connectivity index (χ0v) is 9.88. The van der Waals surface area contributed by atoms with Crippen LogP contribution in [0.2, 0.25) is 0 Å². The lowest BCUT2D eigenvalue weighted by atomic mass is 10.1. The number of ketones is 1. The Morgan fingerprint density at radius 3 is 3.12 bits per heavy atom. The van der Waals surface area contributed by atoms with Crippen LogP contribution in [0, 0.1) is 12.3 Å².